The number of fused-ring (bicyclic) bond motifs is 1. The van der Waals surface area contributed by atoms with Gasteiger partial charge in [0.05, 0.1) is 17.4 Å². The largest absolute Gasteiger partial charge is 0.490 e. The first-order valence-electron chi connectivity index (χ1n) is 13.3. The molecule has 1 heterocycles. The molecule has 0 radical (unpaired) electrons. The van der Waals surface area contributed by atoms with Crippen molar-refractivity contribution in [2.24, 2.45) is 4.99 Å². The van der Waals surface area contributed by atoms with Crippen molar-refractivity contribution in [2.45, 2.75) is 53.6 Å². The average molecular weight is 547 g/mol. The number of carboxylic acid groups (broad SMARTS) is 1. The van der Waals surface area contributed by atoms with Gasteiger partial charge < -0.3 is 18.9 Å². The first kappa shape index (κ1) is 29.8. The van der Waals surface area contributed by atoms with Crippen LogP contribution in [0.15, 0.2) is 77.3 Å². The van der Waals surface area contributed by atoms with Crippen molar-refractivity contribution in [1.29, 1.82) is 0 Å². The van der Waals surface area contributed by atoms with Gasteiger partial charge in [-0.05, 0) is 73.4 Å². The molecule has 1 atom stereocenters. The molecule has 0 aliphatic carbocycles. The number of hydrogen-bond donors (Lipinski definition) is 2. The number of rotatable bonds is 9. The van der Waals surface area contributed by atoms with Gasteiger partial charge in [-0.25, -0.2) is 0 Å². The molecule has 0 saturated heterocycles. The highest BCUT2D eigenvalue weighted by Gasteiger charge is 2.21. The maximum Gasteiger partial charge on any atom is 0.324 e. The molecule has 1 aliphatic rings. The second-order valence-electron chi connectivity index (χ2n) is 9.42. The molecule has 4 rings (SSSR count). The smallest absolute Gasteiger partial charge is 0.324 e. The summed E-state index contributed by atoms with van der Waals surface area (Å²) in [7, 11) is 0. The number of aliphatic carboxylic acids is 1. The van der Waals surface area contributed by atoms with E-state index in [-0.39, 0.29) is 12.6 Å². The zero-order valence-electron chi connectivity index (χ0n) is 23.3. The summed E-state index contributed by atoms with van der Waals surface area (Å²) in [6.07, 6.45) is 4.17. The molecule has 1 aliphatic heterocycles. The lowest BCUT2D eigenvalue weighted by molar-refractivity contribution is -0.135. The third kappa shape index (κ3) is 8.14. The van der Waals surface area contributed by atoms with E-state index >= 15 is 0 Å². The molecule has 0 fully saturated rings. The van der Waals surface area contributed by atoms with E-state index in [4.69, 9.17) is 14.6 Å². The Labute approximate surface area is 237 Å². The van der Waals surface area contributed by atoms with Crippen LogP contribution in [0.4, 0.5) is 11.4 Å². The highest BCUT2D eigenvalue weighted by atomic mass is 32.1. The van der Waals surface area contributed by atoms with Crippen LogP contribution in [0, 0.1) is 0 Å². The van der Waals surface area contributed by atoms with Crippen molar-refractivity contribution in [2.75, 3.05) is 17.5 Å². The number of benzene rings is 3. The lowest BCUT2D eigenvalue weighted by atomic mass is 9.98. The molecule has 1 unspecified atom stereocenters. The topological polar surface area (TPSA) is 71.4 Å². The highest BCUT2D eigenvalue weighted by Crippen LogP contribution is 2.39. The van der Waals surface area contributed by atoms with Crippen molar-refractivity contribution in [3.05, 3.63) is 77.9 Å². The van der Waals surface area contributed by atoms with Crippen LogP contribution < -0.4 is 13.8 Å². The van der Waals surface area contributed by atoms with E-state index in [0.29, 0.717) is 6.61 Å². The fourth-order valence-electron chi connectivity index (χ4n) is 3.90. The van der Waals surface area contributed by atoms with Crippen molar-refractivity contribution < 1.29 is 19.4 Å². The molecule has 7 heteroatoms. The van der Waals surface area contributed by atoms with Gasteiger partial charge in [0, 0.05) is 17.5 Å². The lowest BCUT2D eigenvalue weighted by Crippen LogP contribution is -2.19. The van der Waals surface area contributed by atoms with Gasteiger partial charge in [-0.1, -0.05) is 70.3 Å². The summed E-state index contributed by atoms with van der Waals surface area (Å²) in [5, 5.41) is 8.92. The minimum atomic E-state index is -0.931. The maximum atomic E-state index is 10.9. The van der Waals surface area contributed by atoms with E-state index in [2.05, 4.69) is 52.4 Å². The number of anilines is 1. The molecule has 0 aromatic heterocycles. The molecule has 0 spiro atoms. The van der Waals surface area contributed by atoms with Gasteiger partial charge in [-0.15, -0.1) is 0 Å². The number of carbonyl (C=O) groups is 1. The van der Waals surface area contributed by atoms with Crippen LogP contribution in [0.3, 0.4) is 0 Å². The SMILES string of the molecule is CCC.CCC(C)Oc1cccc2c1C(C)=C(C=Nc1ccc(-c3ccc(N(S)CC(=O)O)cc3)cc1)CO2. The molecule has 0 saturated carbocycles. The zero-order valence-corrected chi connectivity index (χ0v) is 24.2. The first-order valence-corrected chi connectivity index (χ1v) is 13.7. The van der Waals surface area contributed by atoms with Gasteiger partial charge in [-0.3, -0.25) is 9.79 Å². The second-order valence-corrected chi connectivity index (χ2v) is 9.90. The summed E-state index contributed by atoms with van der Waals surface area (Å²) in [5.41, 5.74) is 6.75. The number of ether oxygens (including phenoxy) is 2. The molecule has 206 valence electrons. The molecule has 3 aromatic rings. The van der Waals surface area contributed by atoms with Crippen molar-refractivity contribution >= 4 is 41.9 Å². The van der Waals surface area contributed by atoms with Crippen LogP contribution >= 0.6 is 12.8 Å². The summed E-state index contributed by atoms with van der Waals surface area (Å²) in [6, 6.07) is 21.5. The average Bonchev–Trinajstić information content (AvgIpc) is 2.93. The molecule has 0 bridgehead atoms. The number of aliphatic imine (C=N–C) groups is 1. The predicted octanol–water partition coefficient (Wildman–Crippen LogP) is 8.25. The monoisotopic (exact) mass is 546 g/mol. The Morgan fingerprint density at radius 1 is 1.08 bits per heavy atom. The lowest BCUT2D eigenvalue weighted by Gasteiger charge is -2.24. The van der Waals surface area contributed by atoms with Crippen LogP contribution in [-0.4, -0.2) is 36.5 Å². The summed E-state index contributed by atoms with van der Waals surface area (Å²) in [5.74, 6) is 0.745. The first-order chi connectivity index (χ1) is 18.8. The fraction of sp³-hybridized carbons (Fsp3) is 0.312. The van der Waals surface area contributed by atoms with Gasteiger partial charge in [0.15, 0.2) is 0 Å². The molecular weight excluding hydrogens is 508 g/mol. The van der Waals surface area contributed by atoms with E-state index in [1.165, 1.54) is 10.7 Å². The van der Waals surface area contributed by atoms with E-state index in [1.807, 2.05) is 72.9 Å². The summed E-state index contributed by atoms with van der Waals surface area (Å²) < 4.78 is 13.5. The molecule has 39 heavy (non-hydrogen) atoms. The van der Waals surface area contributed by atoms with E-state index in [0.717, 1.165) is 57.1 Å². The third-order valence-electron chi connectivity index (χ3n) is 6.15. The second kappa shape index (κ2) is 14.4. The molecule has 0 amide bonds. The third-order valence-corrected chi connectivity index (χ3v) is 6.52. The predicted molar refractivity (Wildman–Crippen MR) is 165 cm³/mol. The number of thiol groups is 1. The Balaban J connectivity index is 0.00000134. The van der Waals surface area contributed by atoms with Crippen LogP contribution in [0.25, 0.3) is 16.7 Å². The van der Waals surface area contributed by atoms with Gasteiger partial charge in [0.25, 0.3) is 0 Å². The fourth-order valence-corrected chi connectivity index (χ4v) is 4.15. The van der Waals surface area contributed by atoms with E-state index < -0.39 is 5.97 Å². The highest BCUT2D eigenvalue weighted by molar-refractivity contribution is 7.81. The molecule has 1 N–H and O–H groups in total. The summed E-state index contributed by atoms with van der Waals surface area (Å²) in [4.78, 5) is 15.6. The van der Waals surface area contributed by atoms with E-state index in [1.54, 1.807) is 0 Å². The summed E-state index contributed by atoms with van der Waals surface area (Å²) >= 11 is 4.22. The van der Waals surface area contributed by atoms with Gasteiger partial charge >= 0.3 is 5.97 Å². The Kier molecular flexibility index (Phi) is 11.1. The Morgan fingerprint density at radius 2 is 1.69 bits per heavy atom. The molecular formula is C32H38N2O4S. The standard InChI is InChI=1S/C29H30N2O4S.C3H8/c1-4-19(2)35-27-7-5-6-26-29(27)20(3)23(18-34-26)16-30-24-12-8-21(9-13-24)22-10-14-25(15-11-22)31(36)17-28(32)33;1-3-2/h5-16,19,36H,4,17-18H2,1-3H3,(H,32,33);3H2,1-2H3. The Bertz CT molecular complexity index is 1300. The minimum absolute atomic E-state index is 0.125. The molecule has 6 nitrogen and oxygen atoms in total. The van der Waals surface area contributed by atoms with Crippen LogP contribution in [0.5, 0.6) is 11.5 Å². The minimum Gasteiger partial charge on any atom is -0.490 e. The number of nitrogens with zero attached hydrogens (tertiary/aromatic N) is 2. The van der Waals surface area contributed by atoms with Crippen molar-refractivity contribution in [3.8, 4) is 22.6 Å². The number of carboxylic acids is 1. The number of hydrogen-bond acceptors (Lipinski definition) is 6. The number of allylic oxidation sites excluding steroid dienone is 1. The summed E-state index contributed by atoms with van der Waals surface area (Å²) in [6.45, 7) is 10.8. The van der Waals surface area contributed by atoms with Gasteiger partial charge in [-0.2, -0.15) is 0 Å². The van der Waals surface area contributed by atoms with Crippen molar-refractivity contribution in [1.82, 2.24) is 0 Å². The normalized spacial score (nSPS) is 13.2. The maximum absolute atomic E-state index is 10.9. The van der Waals surface area contributed by atoms with Gasteiger partial charge in [0.1, 0.15) is 24.7 Å². The Morgan fingerprint density at radius 3 is 2.28 bits per heavy atom. The quantitative estimate of drug-likeness (QED) is 0.209. The van der Waals surface area contributed by atoms with Crippen LogP contribution in [0.2, 0.25) is 0 Å². The Hall–Kier alpha value is -3.71. The van der Waals surface area contributed by atoms with Crippen LogP contribution in [0.1, 0.15) is 53.0 Å². The molecule has 3 aromatic carbocycles. The van der Waals surface area contributed by atoms with E-state index in [9.17, 15) is 4.79 Å². The zero-order chi connectivity index (χ0) is 28.4. The van der Waals surface area contributed by atoms with Gasteiger partial charge in [0.2, 0.25) is 0 Å². The van der Waals surface area contributed by atoms with Crippen molar-refractivity contribution in [3.63, 3.8) is 0 Å². The van der Waals surface area contributed by atoms with Crippen LogP contribution in [-0.2, 0) is 4.79 Å².